The first-order valence-corrected chi connectivity index (χ1v) is 9.00. The number of rotatable bonds is 7. The van der Waals surface area contributed by atoms with E-state index in [0.717, 1.165) is 22.1 Å². The molecule has 0 aliphatic carbocycles. The third-order valence-electron chi connectivity index (χ3n) is 4.11. The highest BCUT2D eigenvalue weighted by Crippen LogP contribution is 2.18. The number of carbonyl (C=O) groups excluding carboxylic acids is 1. The van der Waals surface area contributed by atoms with Crippen LogP contribution in [0.1, 0.15) is 18.9 Å². The second-order valence-corrected chi connectivity index (χ2v) is 6.64. The van der Waals surface area contributed by atoms with Crippen LogP contribution in [0.15, 0.2) is 60.9 Å². The molecule has 5 heteroatoms. The van der Waals surface area contributed by atoms with Crippen molar-refractivity contribution in [3.63, 3.8) is 0 Å². The van der Waals surface area contributed by atoms with Gasteiger partial charge in [-0.2, -0.15) is 0 Å². The van der Waals surface area contributed by atoms with Crippen LogP contribution in [0.3, 0.4) is 0 Å². The van der Waals surface area contributed by atoms with Crippen LogP contribution in [0.5, 0.6) is 5.75 Å². The lowest BCUT2D eigenvalue weighted by atomic mass is 10.0. The van der Waals surface area contributed by atoms with E-state index in [-0.39, 0.29) is 12.0 Å². The molecule has 4 nitrogen and oxygen atoms in total. The average Bonchev–Trinajstić information content (AvgIpc) is 2.66. The Bertz CT molecular complexity index is 875. The van der Waals surface area contributed by atoms with Gasteiger partial charge in [-0.05, 0) is 48.6 Å². The van der Waals surface area contributed by atoms with Gasteiger partial charge in [-0.3, -0.25) is 9.78 Å². The molecule has 0 fully saturated rings. The van der Waals surface area contributed by atoms with Crippen LogP contribution in [0, 0.1) is 0 Å². The monoisotopic (exact) mass is 368 g/mol. The van der Waals surface area contributed by atoms with E-state index in [4.69, 9.17) is 16.3 Å². The summed E-state index contributed by atoms with van der Waals surface area (Å²) in [6, 6.07) is 15.3. The van der Waals surface area contributed by atoms with E-state index in [1.807, 2.05) is 49.6 Å². The molecule has 1 aromatic heterocycles. The Morgan fingerprint density at radius 1 is 1.15 bits per heavy atom. The molecule has 1 amide bonds. The summed E-state index contributed by atoms with van der Waals surface area (Å²) in [4.78, 5) is 16.4. The number of fused-ring (bicyclic) bond motifs is 1. The molecule has 2 aromatic carbocycles. The molecule has 0 aliphatic rings. The normalized spacial score (nSPS) is 11.9. The van der Waals surface area contributed by atoms with Crippen LogP contribution < -0.4 is 10.1 Å². The molecule has 1 atom stereocenters. The van der Waals surface area contributed by atoms with Crippen LogP contribution >= 0.6 is 11.6 Å². The molecule has 0 saturated carbocycles. The zero-order valence-corrected chi connectivity index (χ0v) is 15.4. The summed E-state index contributed by atoms with van der Waals surface area (Å²) >= 11 is 5.86. The maximum atomic E-state index is 12.1. The number of ether oxygens (including phenoxy) is 1. The first-order valence-electron chi connectivity index (χ1n) is 8.62. The molecule has 0 radical (unpaired) electrons. The van der Waals surface area contributed by atoms with Gasteiger partial charge < -0.3 is 10.1 Å². The van der Waals surface area contributed by atoms with E-state index < -0.39 is 0 Å². The van der Waals surface area contributed by atoms with Gasteiger partial charge in [-0.15, -0.1) is 0 Å². The van der Waals surface area contributed by atoms with Crippen molar-refractivity contribution in [2.24, 2.45) is 0 Å². The molecule has 26 heavy (non-hydrogen) atoms. The lowest BCUT2D eigenvalue weighted by Gasteiger charge is -2.15. The summed E-state index contributed by atoms with van der Waals surface area (Å²) < 4.78 is 5.76. The van der Waals surface area contributed by atoms with Gasteiger partial charge in [-0.1, -0.05) is 35.9 Å². The van der Waals surface area contributed by atoms with Crippen molar-refractivity contribution in [1.82, 2.24) is 10.3 Å². The molecule has 0 unspecified atom stereocenters. The number of amides is 1. The Hall–Kier alpha value is -2.59. The maximum absolute atomic E-state index is 12.1. The third-order valence-corrected chi connectivity index (χ3v) is 4.36. The van der Waals surface area contributed by atoms with E-state index in [9.17, 15) is 4.79 Å². The van der Waals surface area contributed by atoms with Gasteiger partial charge in [0, 0.05) is 29.2 Å². The van der Waals surface area contributed by atoms with E-state index in [1.54, 1.807) is 12.1 Å². The van der Waals surface area contributed by atoms with Gasteiger partial charge >= 0.3 is 0 Å². The quantitative estimate of drug-likeness (QED) is 0.672. The highest BCUT2D eigenvalue weighted by molar-refractivity contribution is 6.30. The molecular weight excluding hydrogens is 348 g/mol. The summed E-state index contributed by atoms with van der Waals surface area (Å²) in [5.74, 6) is 0.738. The molecule has 1 heterocycles. The standard InChI is InChI=1S/C21H21ClN2O2/c1-15(26-19-9-7-18(22)8-10-19)12-24-21(25)11-6-17-14-23-13-16-4-2-3-5-20(16)17/h2-5,7-10,13-15H,6,11-12H2,1H3,(H,24,25)/t15-/m0/s1. The number of aromatic nitrogens is 1. The number of nitrogens with one attached hydrogen (secondary N) is 1. The summed E-state index contributed by atoms with van der Waals surface area (Å²) in [7, 11) is 0. The van der Waals surface area contributed by atoms with Crippen molar-refractivity contribution in [3.8, 4) is 5.75 Å². The van der Waals surface area contributed by atoms with Gasteiger partial charge in [-0.25, -0.2) is 0 Å². The molecule has 134 valence electrons. The molecule has 0 aliphatic heterocycles. The number of aryl methyl sites for hydroxylation is 1. The Labute approximate surface area is 158 Å². The molecule has 3 rings (SSSR count). The zero-order chi connectivity index (χ0) is 18.4. The van der Waals surface area contributed by atoms with E-state index in [2.05, 4.69) is 16.4 Å². The lowest BCUT2D eigenvalue weighted by Crippen LogP contribution is -2.33. The van der Waals surface area contributed by atoms with Crippen molar-refractivity contribution in [1.29, 1.82) is 0 Å². The fourth-order valence-electron chi connectivity index (χ4n) is 2.76. The van der Waals surface area contributed by atoms with Gasteiger partial charge in [0.25, 0.3) is 0 Å². The predicted molar refractivity (Wildman–Crippen MR) is 105 cm³/mol. The molecule has 0 saturated heterocycles. The van der Waals surface area contributed by atoms with Gasteiger partial charge in [0.05, 0.1) is 6.54 Å². The SMILES string of the molecule is C[C@@H](CNC(=O)CCc1cncc2ccccc12)Oc1ccc(Cl)cc1. The molecule has 3 aromatic rings. The number of carbonyl (C=O) groups is 1. The average molecular weight is 369 g/mol. The molecular formula is C21H21ClN2O2. The van der Waals surface area contributed by atoms with Crippen molar-refractivity contribution in [2.75, 3.05) is 6.54 Å². The van der Waals surface area contributed by atoms with Gasteiger partial charge in [0.15, 0.2) is 0 Å². The summed E-state index contributed by atoms with van der Waals surface area (Å²) in [5.41, 5.74) is 1.09. The van der Waals surface area contributed by atoms with Crippen molar-refractivity contribution in [3.05, 3.63) is 71.5 Å². The topological polar surface area (TPSA) is 51.2 Å². The minimum Gasteiger partial charge on any atom is -0.489 e. The van der Waals surface area contributed by atoms with Gasteiger partial charge in [0.2, 0.25) is 5.91 Å². The van der Waals surface area contributed by atoms with Crippen LogP contribution in [-0.2, 0) is 11.2 Å². The van der Waals surface area contributed by atoms with Crippen molar-refractivity contribution >= 4 is 28.3 Å². The fraction of sp³-hybridized carbons (Fsp3) is 0.238. The predicted octanol–water partition coefficient (Wildman–Crippen LogP) is 4.40. The largest absolute Gasteiger partial charge is 0.489 e. The summed E-state index contributed by atoms with van der Waals surface area (Å²) in [6.45, 7) is 2.37. The zero-order valence-electron chi connectivity index (χ0n) is 14.6. The van der Waals surface area contributed by atoms with E-state index in [1.165, 1.54) is 0 Å². The number of benzene rings is 2. The van der Waals surface area contributed by atoms with Crippen LogP contribution in [0.4, 0.5) is 0 Å². The Morgan fingerprint density at radius 2 is 1.92 bits per heavy atom. The Kier molecular flexibility index (Phi) is 6.08. The molecule has 0 bridgehead atoms. The third kappa shape index (κ3) is 4.96. The fourth-order valence-corrected chi connectivity index (χ4v) is 2.89. The molecule has 0 spiro atoms. The van der Waals surface area contributed by atoms with E-state index in [0.29, 0.717) is 24.4 Å². The highest BCUT2D eigenvalue weighted by Gasteiger charge is 2.09. The number of halogens is 1. The Morgan fingerprint density at radius 3 is 2.73 bits per heavy atom. The van der Waals surface area contributed by atoms with Crippen LogP contribution in [0.2, 0.25) is 5.02 Å². The molecule has 1 N–H and O–H groups in total. The van der Waals surface area contributed by atoms with Crippen LogP contribution in [0.25, 0.3) is 10.8 Å². The van der Waals surface area contributed by atoms with Crippen molar-refractivity contribution in [2.45, 2.75) is 25.9 Å². The number of hydrogen-bond donors (Lipinski definition) is 1. The summed E-state index contributed by atoms with van der Waals surface area (Å²) in [5, 5.41) is 5.83. The number of hydrogen-bond acceptors (Lipinski definition) is 3. The maximum Gasteiger partial charge on any atom is 0.220 e. The second kappa shape index (κ2) is 8.68. The van der Waals surface area contributed by atoms with E-state index >= 15 is 0 Å². The minimum absolute atomic E-state index is 0.00416. The minimum atomic E-state index is -0.126. The number of pyridine rings is 1. The number of nitrogens with zero attached hydrogens (tertiary/aromatic N) is 1. The van der Waals surface area contributed by atoms with Gasteiger partial charge in [0.1, 0.15) is 11.9 Å². The first kappa shape index (κ1) is 18.2. The first-order chi connectivity index (χ1) is 12.6. The van der Waals surface area contributed by atoms with Crippen LogP contribution in [-0.4, -0.2) is 23.5 Å². The Balaban J connectivity index is 1.47. The smallest absolute Gasteiger partial charge is 0.220 e. The highest BCUT2D eigenvalue weighted by atomic mass is 35.5. The van der Waals surface area contributed by atoms with Crippen molar-refractivity contribution < 1.29 is 9.53 Å². The lowest BCUT2D eigenvalue weighted by molar-refractivity contribution is -0.121. The summed E-state index contributed by atoms with van der Waals surface area (Å²) in [6.07, 6.45) is 4.63. The second-order valence-electron chi connectivity index (χ2n) is 6.21.